The first-order valence-corrected chi connectivity index (χ1v) is 7.07. The van der Waals surface area contributed by atoms with Gasteiger partial charge in [0.1, 0.15) is 0 Å². The number of nitrogen functional groups attached to an aromatic ring is 1. The van der Waals surface area contributed by atoms with E-state index < -0.39 is 0 Å². The van der Waals surface area contributed by atoms with E-state index in [4.69, 9.17) is 5.73 Å². The number of rotatable bonds is 1. The van der Waals surface area contributed by atoms with Crippen molar-refractivity contribution in [2.45, 2.75) is 0 Å². The van der Waals surface area contributed by atoms with Gasteiger partial charge >= 0.3 is 0 Å². The highest BCUT2D eigenvalue weighted by atomic mass is 127. The number of hydrogen-bond acceptors (Lipinski definition) is 3. The number of halogens is 2. The van der Waals surface area contributed by atoms with Gasteiger partial charge < -0.3 is 5.73 Å². The van der Waals surface area contributed by atoms with Crippen molar-refractivity contribution in [3.63, 3.8) is 0 Å². The van der Waals surface area contributed by atoms with Gasteiger partial charge in [-0.15, -0.1) is 0 Å². The van der Waals surface area contributed by atoms with Crippen LogP contribution in [-0.2, 0) is 0 Å². The predicted octanol–water partition coefficient (Wildman–Crippen LogP) is 3.37. The minimum atomic E-state index is 0.465. The van der Waals surface area contributed by atoms with Crippen LogP contribution in [0.5, 0.6) is 0 Å². The first-order chi connectivity index (χ1) is 8.65. The molecular weight excluding hydrogens is 407 g/mol. The van der Waals surface area contributed by atoms with E-state index in [9.17, 15) is 0 Å². The zero-order valence-electron chi connectivity index (χ0n) is 9.14. The first kappa shape index (κ1) is 11.9. The molecule has 4 nitrogen and oxygen atoms in total. The van der Waals surface area contributed by atoms with E-state index in [-0.39, 0.29) is 0 Å². The molecule has 0 aliphatic heterocycles. The maximum absolute atomic E-state index is 5.99. The summed E-state index contributed by atoms with van der Waals surface area (Å²) < 4.78 is 3.94. The topological polar surface area (TPSA) is 56.7 Å². The molecule has 0 amide bonds. The van der Waals surface area contributed by atoms with Gasteiger partial charge in [-0.1, -0.05) is 0 Å². The van der Waals surface area contributed by atoms with Gasteiger partial charge in [-0.05, 0) is 62.8 Å². The van der Waals surface area contributed by atoms with Gasteiger partial charge in [0.25, 0.3) is 0 Å². The second-order valence-corrected chi connectivity index (χ2v) is 5.96. The predicted molar refractivity (Wildman–Crippen MR) is 83.7 cm³/mol. The van der Waals surface area contributed by atoms with E-state index >= 15 is 0 Å². The van der Waals surface area contributed by atoms with Gasteiger partial charge in [-0.3, -0.25) is 9.55 Å². The Bertz CT molecular complexity index is 738. The minimum Gasteiger partial charge on any atom is -0.369 e. The molecule has 0 fully saturated rings. The zero-order valence-corrected chi connectivity index (χ0v) is 12.9. The molecule has 18 heavy (non-hydrogen) atoms. The summed E-state index contributed by atoms with van der Waals surface area (Å²) in [6.45, 7) is 0. The van der Waals surface area contributed by atoms with Crippen molar-refractivity contribution < 1.29 is 0 Å². The van der Waals surface area contributed by atoms with Gasteiger partial charge in [-0.25, -0.2) is 4.98 Å². The first-order valence-electron chi connectivity index (χ1n) is 5.19. The molecule has 0 aliphatic carbocycles. The van der Waals surface area contributed by atoms with Crippen molar-refractivity contribution in [3.05, 3.63) is 44.7 Å². The average molecular weight is 415 g/mol. The van der Waals surface area contributed by atoms with E-state index in [2.05, 4.69) is 48.5 Å². The van der Waals surface area contributed by atoms with Crippen LogP contribution in [0, 0.1) is 3.57 Å². The molecule has 90 valence electrons. The number of imidazole rings is 1. The number of fused-ring (bicyclic) bond motifs is 1. The summed E-state index contributed by atoms with van der Waals surface area (Å²) >= 11 is 5.67. The van der Waals surface area contributed by atoms with E-state index in [1.54, 1.807) is 12.4 Å². The van der Waals surface area contributed by atoms with Crippen LogP contribution in [0.3, 0.4) is 0 Å². The largest absolute Gasteiger partial charge is 0.369 e. The molecular formula is C12H8BrIN4. The van der Waals surface area contributed by atoms with E-state index in [1.165, 1.54) is 0 Å². The smallest absolute Gasteiger partial charge is 0.205 e. The number of nitrogens with zero attached hydrogens (tertiary/aromatic N) is 3. The van der Waals surface area contributed by atoms with Crippen LogP contribution in [0.4, 0.5) is 5.95 Å². The Morgan fingerprint density at radius 2 is 2.06 bits per heavy atom. The van der Waals surface area contributed by atoms with Crippen molar-refractivity contribution in [1.29, 1.82) is 0 Å². The van der Waals surface area contributed by atoms with Gasteiger partial charge in [0, 0.05) is 14.2 Å². The summed E-state index contributed by atoms with van der Waals surface area (Å²) in [6.07, 6.45) is 3.50. The molecule has 0 saturated heterocycles. The molecule has 2 aromatic heterocycles. The highest BCUT2D eigenvalue weighted by Crippen LogP contribution is 2.25. The van der Waals surface area contributed by atoms with Gasteiger partial charge in [0.05, 0.1) is 22.9 Å². The molecule has 2 heterocycles. The summed E-state index contributed by atoms with van der Waals surface area (Å²) in [5, 5.41) is 0. The molecule has 0 saturated carbocycles. The van der Waals surface area contributed by atoms with Crippen LogP contribution in [-0.4, -0.2) is 14.5 Å². The number of aromatic nitrogens is 3. The van der Waals surface area contributed by atoms with Crippen molar-refractivity contribution in [2.24, 2.45) is 0 Å². The van der Waals surface area contributed by atoms with Crippen LogP contribution in [0.25, 0.3) is 16.7 Å². The van der Waals surface area contributed by atoms with Crippen LogP contribution in [0.1, 0.15) is 0 Å². The Kier molecular flexibility index (Phi) is 2.98. The van der Waals surface area contributed by atoms with Crippen LogP contribution >= 0.6 is 38.5 Å². The highest BCUT2D eigenvalue weighted by Gasteiger charge is 2.10. The number of pyridine rings is 1. The van der Waals surface area contributed by atoms with Crippen molar-refractivity contribution >= 4 is 55.5 Å². The molecule has 6 heteroatoms. The van der Waals surface area contributed by atoms with Crippen molar-refractivity contribution in [3.8, 4) is 5.69 Å². The molecule has 0 atom stereocenters. The molecule has 0 spiro atoms. The lowest BCUT2D eigenvalue weighted by Gasteiger charge is -2.06. The summed E-state index contributed by atoms with van der Waals surface area (Å²) in [6, 6.07) is 8.02. The van der Waals surface area contributed by atoms with E-state index in [0.29, 0.717) is 5.95 Å². The summed E-state index contributed by atoms with van der Waals surface area (Å²) in [5.41, 5.74) is 8.75. The fourth-order valence-corrected chi connectivity index (χ4v) is 2.69. The Balaban J connectivity index is 2.32. The maximum atomic E-state index is 5.99. The molecule has 0 bridgehead atoms. The van der Waals surface area contributed by atoms with Gasteiger partial charge in [-0.2, -0.15) is 0 Å². The molecule has 3 rings (SSSR count). The lowest BCUT2D eigenvalue weighted by Crippen LogP contribution is -2.00. The second kappa shape index (κ2) is 4.51. The summed E-state index contributed by atoms with van der Waals surface area (Å²) in [5.74, 6) is 0.465. The van der Waals surface area contributed by atoms with Crippen molar-refractivity contribution in [2.75, 3.05) is 5.73 Å². The minimum absolute atomic E-state index is 0.465. The van der Waals surface area contributed by atoms with E-state index in [1.807, 2.05) is 28.8 Å². The normalized spacial score (nSPS) is 11.0. The van der Waals surface area contributed by atoms with Crippen LogP contribution in [0.2, 0.25) is 0 Å². The Morgan fingerprint density at radius 1 is 1.22 bits per heavy atom. The quantitative estimate of drug-likeness (QED) is 0.621. The van der Waals surface area contributed by atoms with Gasteiger partial charge in [0.15, 0.2) is 0 Å². The Labute approximate surface area is 125 Å². The molecule has 3 aromatic rings. The van der Waals surface area contributed by atoms with Crippen LogP contribution < -0.4 is 5.73 Å². The summed E-state index contributed by atoms with van der Waals surface area (Å²) in [7, 11) is 0. The second-order valence-electron chi connectivity index (χ2n) is 3.80. The molecule has 2 N–H and O–H groups in total. The van der Waals surface area contributed by atoms with Gasteiger partial charge in [0.2, 0.25) is 5.95 Å². The Morgan fingerprint density at radius 3 is 2.83 bits per heavy atom. The monoisotopic (exact) mass is 414 g/mol. The Hall–Kier alpha value is -1.15. The third-order valence-electron chi connectivity index (χ3n) is 2.59. The maximum Gasteiger partial charge on any atom is 0.205 e. The molecule has 0 unspecified atom stereocenters. The fraction of sp³-hybridized carbons (Fsp3) is 0. The number of benzene rings is 1. The lowest BCUT2D eigenvalue weighted by atomic mass is 10.3. The molecule has 0 radical (unpaired) electrons. The summed E-state index contributed by atoms with van der Waals surface area (Å²) in [4.78, 5) is 8.53. The number of hydrogen-bond donors (Lipinski definition) is 1. The number of nitrogens with two attached hydrogens (primary N) is 1. The highest BCUT2D eigenvalue weighted by molar-refractivity contribution is 14.1. The average Bonchev–Trinajstić information content (AvgIpc) is 2.64. The van der Waals surface area contributed by atoms with Crippen LogP contribution in [0.15, 0.2) is 41.1 Å². The fourth-order valence-electron chi connectivity index (χ4n) is 1.87. The SMILES string of the molecule is Nc1nc2cc(I)ccc2n1-c1cncc(Br)c1. The molecule has 1 aromatic carbocycles. The third-order valence-corrected chi connectivity index (χ3v) is 3.70. The van der Waals surface area contributed by atoms with Crippen molar-refractivity contribution in [1.82, 2.24) is 14.5 Å². The van der Waals surface area contributed by atoms with E-state index in [0.717, 1.165) is 24.8 Å². The zero-order chi connectivity index (χ0) is 12.7. The molecule has 0 aliphatic rings. The lowest BCUT2D eigenvalue weighted by molar-refractivity contribution is 1.08. The standard InChI is InChI=1S/C12H8BrIN4/c13-7-3-9(6-16-5-7)18-11-2-1-8(14)4-10(11)17-12(18)15/h1-6H,(H2,15,17). The number of anilines is 1. The third kappa shape index (κ3) is 1.99.